The van der Waals surface area contributed by atoms with Crippen LogP contribution in [-0.4, -0.2) is 55.6 Å². The first-order valence-electron chi connectivity index (χ1n) is 8.63. The van der Waals surface area contributed by atoms with Crippen LogP contribution in [0.3, 0.4) is 0 Å². The molecule has 2 N–H and O–H groups in total. The van der Waals surface area contributed by atoms with Gasteiger partial charge in [-0.15, -0.1) is 0 Å². The summed E-state index contributed by atoms with van der Waals surface area (Å²) >= 11 is 0. The van der Waals surface area contributed by atoms with Crippen LogP contribution in [0.25, 0.3) is 0 Å². The summed E-state index contributed by atoms with van der Waals surface area (Å²) in [6.45, 7) is 4.25. The summed E-state index contributed by atoms with van der Waals surface area (Å²) in [5.74, 6) is 0. The quantitative estimate of drug-likeness (QED) is 0.591. The lowest BCUT2D eigenvalue weighted by Gasteiger charge is -2.50. The van der Waals surface area contributed by atoms with Crippen molar-refractivity contribution in [1.82, 2.24) is 9.80 Å². The molecule has 0 saturated heterocycles. The Kier molecular flexibility index (Phi) is 8.08. The van der Waals surface area contributed by atoms with E-state index in [0.717, 1.165) is 6.54 Å². The minimum atomic E-state index is 0.421. The van der Waals surface area contributed by atoms with Crippen LogP contribution >= 0.6 is 0 Å². The van der Waals surface area contributed by atoms with E-state index < -0.39 is 0 Å². The molecule has 0 bridgehead atoms. The number of hydrogen-bond acceptors (Lipinski definition) is 3. The lowest BCUT2D eigenvalue weighted by atomic mass is 9.75. The van der Waals surface area contributed by atoms with E-state index in [0.29, 0.717) is 11.6 Å². The highest BCUT2D eigenvalue weighted by Crippen LogP contribution is 2.37. The molecule has 20 heavy (non-hydrogen) atoms. The molecule has 0 heterocycles. The van der Waals surface area contributed by atoms with Crippen molar-refractivity contribution in [3.63, 3.8) is 0 Å². The first kappa shape index (κ1) is 17.9. The van der Waals surface area contributed by atoms with Gasteiger partial charge in [0.05, 0.1) is 0 Å². The highest BCUT2D eigenvalue weighted by atomic mass is 15.2. The SMILES string of the molecule is CCCCCCCC(CN)N(C)CC1(N(C)C)CCC1. The van der Waals surface area contributed by atoms with E-state index in [4.69, 9.17) is 5.73 Å². The Morgan fingerprint density at radius 2 is 1.70 bits per heavy atom. The third-order valence-corrected chi connectivity index (χ3v) is 5.31. The van der Waals surface area contributed by atoms with Gasteiger partial charge >= 0.3 is 0 Å². The number of unbranched alkanes of at least 4 members (excludes halogenated alkanes) is 4. The second-order valence-electron chi connectivity index (χ2n) is 6.98. The topological polar surface area (TPSA) is 32.5 Å². The summed E-state index contributed by atoms with van der Waals surface area (Å²) in [6.07, 6.45) is 12.1. The van der Waals surface area contributed by atoms with Crippen LogP contribution in [0, 0.1) is 0 Å². The predicted molar refractivity (Wildman–Crippen MR) is 89.1 cm³/mol. The van der Waals surface area contributed by atoms with Crippen LogP contribution in [-0.2, 0) is 0 Å². The van der Waals surface area contributed by atoms with Gasteiger partial charge in [0.2, 0.25) is 0 Å². The Hall–Kier alpha value is -0.120. The van der Waals surface area contributed by atoms with Crippen molar-refractivity contribution in [2.45, 2.75) is 76.3 Å². The van der Waals surface area contributed by atoms with Crippen LogP contribution in [0.4, 0.5) is 0 Å². The Labute approximate surface area is 126 Å². The summed E-state index contributed by atoms with van der Waals surface area (Å²) < 4.78 is 0. The molecule has 1 rings (SSSR count). The van der Waals surface area contributed by atoms with Crippen molar-refractivity contribution in [3.8, 4) is 0 Å². The molecule has 3 heteroatoms. The van der Waals surface area contributed by atoms with Crippen molar-refractivity contribution in [3.05, 3.63) is 0 Å². The summed E-state index contributed by atoms with van der Waals surface area (Å²) in [5, 5.41) is 0. The van der Waals surface area contributed by atoms with Crippen LogP contribution in [0.2, 0.25) is 0 Å². The number of likely N-dealkylation sites (N-methyl/N-ethyl adjacent to an activating group) is 2. The molecule has 0 radical (unpaired) electrons. The molecule has 3 nitrogen and oxygen atoms in total. The normalized spacial score (nSPS) is 19.4. The Morgan fingerprint density at radius 1 is 1.05 bits per heavy atom. The van der Waals surface area contributed by atoms with Crippen molar-refractivity contribution in [2.75, 3.05) is 34.2 Å². The van der Waals surface area contributed by atoms with Gasteiger partial charge in [0.25, 0.3) is 0 Å². The number of rotatable bonds is 11. The Balaban J connectivity index is 2.32. The Morgan fingerprint density at radius 3 is 2.15 bits per heavy atom. The predicted octanol–water partition coefficient (Wildman–Crippen LogP) is 3.09. The molecule has 1 aliphatic rings. The zero-order chi connectivity index (χ0) is 15.0. The average Bonchev–Trinajstić information content (AvgIpc) is 2.37. The highest BCUT2D eigenvalue weighted by molar-refractivity contribution is 4.98. The lowest BCUT2D eigenvalue weighted by Crippen LogP contribution is -2.58. The maximum atomic E-state index is 6.01. The van der Waals surface area contributed by atoms with Crippen LogP contribution in [0.15, 0.2) is 0 Å². The number of hydrogen-bond donors (Lipinski definition) is 1. The maximum absolute atomic E-state index is 6.01. The van der Waals surface area contributed by atoms with E-state index in [2.05, 4.69) is 37.9 Å². The molecule has 120 valence electrons. The van der Waals surface area contributed by atoms with Crippen LogP contribution < -0.4 is 5.73 Å². The second-order valence-corrected chi connectivity index (χ2v) is 6.98. The summed E-state index contributed by atoms with van der Waals surface area (Å²) in [6, 6.07) is 0.564. The zero-order valence-corrected chi connectivity index (χ0v) is 14.3. The highest BCUT2D eigenvalue weighted by Gasteiger charge is 2.40. The third-order valence-electron chi connectivity index (χ3n) is 5.31. The molecule has 0 spiro atoms. The number of nitrogens with zero attached hydrogens (tertiary/aromatic N) is 2. The molecule has 0 aliphatic heterocycles. The average molecular weight is 284 g/mol. The van der Waals surface area contributed by atoms with Crippen molar-refractivity contribution in [1.29, 1.82) is 0 Å². The van der Waals surface area contributed by atoms with Crippen LogP contribution in [0.5, 0.6) is 0 Å². The maximum Gasteiger partial charge on any atom is 0.0330 e. The van der Waals surface area contributed by atoms with Gasteiger partial charge in [-0.1, -0.05) is 39.0 Å². The molecule has 0 aromatic rings. The molecule has 1 atom stereocenters. The van der Waals surface area contributed by atoms with Gasteiger partial charge in [-0.25, -0.2) is 0 Å². The molecule has 1 aliphatic carbocycles. The van der Waals surface area contributed by atoms with E-state index in [1.807, 2.05) is 0 Å². The standard InChI is InChI=1S/C17H37N3/c1-5-6-7-8-9-11-16(14-18)20(4)15-17(19(2)3)12-10-13-17/h16H,5-15,18H2,1-4H3. The molecular formula is C17H37N3. The fraction of sp³-hybridized carbons (Fsp3) is 1.00. The second kappa shape index (κ2) is 9.01. The first-order chi connectivity index (χ1) is 9.55. The number of nitrogens with two attached hydrogens (primary N) is 1. The lowest BCUT2D eigenvalue weighted by molar-refractivity contribution is 0.0157. The van der Waals surface area contributed by atoms with Gasteiger partial charge in [0, 0.05) is 24.7 Å². The minimum absolute atomic E-state index is 0.421. The van der Waals surface area contributed by atoms with Crippen molar-refractivity contribution in [2.24, 2.45) is 5.73 Å². The van der Waals surface area contributed by atoms with Gasteiger partial charge < -0.3 is 15.5 Å². The van der Waals surface area contributed by atoms with E-state index in [9.17, 15) is 0 Å². The third kappa shape index (κ3) is 5.01. The van der Waals surface area contributed by atoms with Gasteiger partial charge in [-0.3, -0.25) is 0 Å². The fourth-order valence-corrected chi connectivity index (χ4v) is 3.43. The van der Waals surface area contributed by atoms with Crippen LogP contribution in [0.1, 0.15) is 64.7 Å². The first-order valence-corrected chi connectivity index (χ1v) is 8.63. The fourth-order valence-electron chi connectivity index (χ4n) is 3.43. The van der Waals surface area contributed by atoms with Crippen molar-refractivity contribution >= 4 is 0 Å². The molecule has 0 amide bonds. The molecule has 1 fully saturated rings. The van der Waals surface area contributed by atoms with E-state index in [1.165, 1.54) is 64.3 Å². The molecule has 0 aromatic heterocycles. The van der Waals surface area contributed by atoms with E-state index in [-0.39, 0.29) is 0 Å². The smallest absolute Gasteiger partial charge is 0.0330 e. The minimum Gasteiger partial charge on any atom is -0.329 e. The van der Waals surface area contributed by atoms with E-state index >= 15 is 0 Å². The van der Waals surface area contributed by atoms with Gasteiger partial charge in [-0.2, -0.15) is 0 Å². The summed E-state index contributed by atoms with van der Waals surface area (Å²) in [5.41, 5.74) is 6.43. The molecule has 1 saturated carbocycles. The summed E-state index contributed by atoms with van der Waals surface area (Å²) in [7, 11) is 6.73. The van der Waals surface area contributed by atoms with Crippen molar-refractivity contribution < 1.29 is 0 Å². The monoisotopic (exact) mass is 283 g/mol. The Bertz CT molecular complexity index is 249. The molecule has 1 unspecified atom stereocenters. The van der Waals surface area contributed by atoms with Gasteiger partial charge in [-0.05, 0) is 46.8 Å². The van der Waals surface area contributed by atoms with Gasteiger partial charge in [0.1, 0.15) is 0 Å². The zero-order valence-electron chi connectivity index (χ0n) is 14.3. The molecule has 0 aromatic carbocycles. The largest absolute Gasteiger partial charge is 0.329 e. The van der Waals surface area contributed by atoms with Gasteiger partial charge in [0.15, 0.2) is 0 Å². The van der Waals surface area contributed by atoms with E-state index in [1.54, 1.807) is 0 Å². The molecular weight excluding hydrogens is 246 g/mol. The summed E-state index contributed by atoms with van der Waals surface area (Å²) in [4.78, 5) is 4.96.